The molecule has 0 spiro atoms. The summed E-state index contributed by atoms with van der Waals surface area (Å²) in [5.41, 5.74) is 2.06. The highest BCUT2D eigenvalue weighted by molar-refractivity contribution is 5.97. The first-order valence-corrected chi connectivity index (χ1v) is 13.4. The van der Waals surface area contributed by atoms with Crippen molar-refractivity contribution in [3.63, 3.8) is 0 Å². The van der Waals surface area contributed by atoms with E-state index in [4.69, 9.17) is 0 Å². The van der Waals surface area contributed by atoms with Gasteiger partial charge in [0.05, 0.1) is 5.69 Å². The first kappa shape index (κ1) is 28.7. The van der Waals surface area contributed by atoms with Crippen LogP contribution < -0.4 is 20.9 Å². The van der Waals surface area contributed by atoms with Gasteiger partial charge in [-0.1, -0.05) is 20.8 Å². The molecule has 0 radical (unpaired) electrons. The van der Waals surface area contributed by atoms with Crippen LogP contribution in [-0.4, -0.2) is 54.1 Å². The van der Waals surface area contributed by atoms with E-state index in [9.17, 15) is 18.8 Å². The van der Waals surface area contributed by atoms with E-state index in [1.165, 1.54) is 12.1 Å². The molecule has 1 fully saturated rings. The summed E-state index contributed by atoms with van der Waals surface area (Å²) in [6.07, 6.45) is 1.38. The minimum Gasteiger partial charge on any atom is -0.355 e. The third-order valence-electron chi connectivity index (χ3n) is 6.78. The van der Waals surface area contributed by atoms with E-state index >= 15 is 0 Å². The molecule has 9 nitrogen and oxygen atoms in total. The third-order valence-corrected chi connectivity index (χ3v) is 6.78. The lowest BCUT2D eigenvalue weighted by Gasteiger charge is -2.31. The fourth-order valence-electron chi connectivity index (χ4n) is 4.27. The van der Waals surface area contributed by atoms with Gasteiger partial charge in [-0.15, -0.1) is 10.2 Å². The first-order valence-electron chi connectivity index (χ1n) is 13.4. The zero-order valence-corrected chi connectivity index (χ0v) is 23.0. The van der Waals surface area contributed by atoms with E-state index in [1.807, 2.05) is 32.9 Å². The lowest BCUT2D eigenvalue weighted by atomic mass is 9.95. The number of carbonyl (C=O) groups excluding carboxylic acids is 3. The molecule has 1 aromatic heterocycles. The summed E-state index contributed by atoms with van der Waals surface area (Å²) in [6.45, 7) is 7.51. The molecule has 0 bridgehead atoms. The van der Waals surface area contributed by atoms with Gasteiger partial charge >= 0.3 is 0 Å². The number of carbonyl (C=O) groups is 3. The minimum absolute atomic E-state index is 0.0226. The predicted molar refractivity (Wildman–Crippen MR) is 152 cm³/mol. The highest BCUT2D eigenvalue weighted by atomic mass is 19.1. The number of benzene rings is 2. The molecule has 0 unspecified atom stereocenters. The number of aromatic nitrogens is 2. The standard InChI is InChI=1S/C30H35FN6O3/c1-30(2,3)29(40)34-24-10-6-21(7-11-24)27(38)32-16-17-33-28(39)22-14-18-37(19-15-22)26-13-12-25(35-36-26)20-4-8-23(31)9-5-20/h4-13,22H,14-19H2,1-3H3,(H,32,38)(H,33,39)(H,34,40). The highest BCUT2D eigenvalue weighted by Crippen LogP contribution is 2.24. The van der Waals surface area contributed by atoms with Crippen LogP contribution in [0.4, 0.5) is 15.9 Å². The molecule has 3 N–H and O–H groups in total. The van der Waals surface area contributed by atoms with Gasteiger partial charge in [-0.3, -0.25) is 14.4 Å². The van der Waals surface area contributed by atoms with Crippen molar-refractivity contribution in [1.29, 1.82) is 0 Å². The number of nitrogens with one attached hydrogen (secondary N) is 3. The second kappa shape index (κ2) is 12.7. The van der Waals surface area contributed by atoms with Gasteiger partial charge in [-0.2, -0.15) is 0 Å². The fourth-order valence-corrected chi connectivity index (χ4v) is 4.27. The predicted octanol–water partition coefficient (Wildman–Crippen LogP) is 4.03. The number of amides is 3. The lowest BCUT2D eigenvalue weighted by Crippen LogP contribution is -2.42. The summed E-state index contributed by atoms with van der Waals surface area (Å²) in [6, 6.07) is 16.6. The summed E-state index contributed by atoms with van der Waals surface area (Å²) in [5.74, 6) is -0.0206. The molecular weight excluding hydrogens is 511 g/mol. The molecule has 10 heteroatoms. The Morgan fingerprint density at radius 1 is 0.875 bits per heavy atom. The number of hydrogen-bond donors (Lipinski definition) is 3. The number of anilines is 2. The third kappa shape index (κ3) is 7.62. The van der Waals surface area contributed by atoms with Crippen LogP contribution in [0.5, 0.6) is 0 Å². The van der Waals surface area contributed by atoms with Gasteiger partial charge in [0.2, 0.25) is 11.8 Å². The van der Waals surface area contributed by atoms with Crippen LogP contribution in [0.25, 0.3) is 11.3 Å². The monoisotopic (exact) mass is 546 g/mol. The Morgan fingerprint density at radius 2 is 1.52 bits per heavy atom. The van der Waals surface area contributed by atoms with E-state index in [1.54, 1.807) is 36.4 Å². The number of nitrogens with zero attached hydrogens (tertiary/aromatic N) is 3. The topological polar surface area (TPSA) is 116 Å². The Balaban J connectivity index is 1.16. The summed E-state index contributed by atoms with van der Waals surface area (Å²) in [4.78, 5) is 39.3. The first-order chi connectivity index (χ1) is 19.1. The molecule has 4 rings (SSSR count). The molecule has 1 aliphatic heterocycles. The molecule has 2 heterocycles. The van der Waals surface area contributed by atoms with Gasteiger partial charge < -0.3 is 20.9 Å². The van der Waals surface area contributed by atoms with Gasteiger partial charge in [-0.05, 0) is 73.5 Å². The maximum atomic E-state index is 13.1. The van der Waals surface area contributed by atoms with Crippen molar-refractivity contribution in [2.24, 2.45) is 11.3 Å². The summed E-state index contributed by atoms with van der Waals surface area (Å²) < 4.78 is 13.1. The largest absolute Gasteiger partial charge is 0.355 e. The van der Waals surface area contributed by atoms with E-state index < -0.39 is 5.41 Å². The van der Waals surface area contributed by atoms with Crippen LogP contribution in [0.3, 0.4) is 0 Å². The molecule has 1 saturated heterocycles. The van der Waals surface area contributed by atoms with Crippen LogP contribution in [0.2, 0.25) is 0 Å². The summed E-state index contributed by atoms with van der Waals surface area (Å²) in [5, 5.41) is 17.1. The lowest BCUT2D eigenvalue weighted by molar-refractivity contribution is -0.125. The fraction of sp³-hybridized carbons (Fsp3) is 0.367. The molecule has 0 atom stereocenters. The highest BCUT2D eigenvalue weighted by Gasteiger charge is 2.26. The Hall–Kier alpha value is -4.34. The van der Waals surface area contributed by atoms with Crippen molar-refractivity contribution in [2.45, 2.75) is 33.6 Å². The van der Waals surface area contributed by atoms with Gasteiger partial charge in [0.1, 0.15) is 5.82 Å². The average Bonchev–Trinajstić information content (AvgIpc) is 2.95. The number of rotatable bonds is 8. The second-order valence-electron chi connectivity index (χ2n) is 10.9. The molecule has 40 heavy (non-hydrogen) atoms. The van der Waals surface area contributed by atoms with Crippen LogP contribution in [-0.2, 0) is 9.59 Å². The van der Waals surface area contributed by atoms with Gasteiger partial charge in [0.15, 0.2) is 5.82 Å². The van der Waals surface area contributed by atoms with Crippen LogP contribution >= 0.6 is 0 Å². The molecule has 1 aliphatic rings. The molecular formula is C30H35FN6O3. The van der Waals surface area contributed by atoms with Crippen LogP contribution in [0.1, 0.15) is 44.0 Å². The SMILES string of the molecule is CC(C)(C)C(=O)Nc1ccc(C(=O)NCCNC(=O)C2CCN(c3ccc(-c4ccc(F)cc4)nn3)CC2)cc1. The Bertz CT molecular complexity index is 1310. The van der Waals surface area contributed by atoms with Crippen LogP contribution in [0, 0.1) is 17.2 Å². The van der Waals surface area contributed by atoms with E-state index in [2.05, 4.69) is 31.0 Å². The molecule has 0 saturated carbocycles. The van der Waals surface area contributed by atoms with Gasteiger partial charge in [0.25, 0.3) is 5.91 Å². The summed E-state index contributed by atoms with van der Waals surface area (Å²) >= 11 is 0. The Morgan fingerprint density at radius 3 is 2.12 bits per heavy atom. The normalized spacial score (nSPS) is 13.9. The van der Waals surface area contributed by atoms with Crippen molar-refractivity contribution >= 4 is 29.2 Å². The van der Waals surface area contributed by atoms with Crippen molar-refractivity contribution in [1.82, 2.24) is 20.8 Å². The molecule has 3 amide bonds. The zero-order chi connectivity index (χ0) is 28.7. The van der Waals surface area contributed by atoms with Crippen molar-refractivity contribution < 1.29 is 18.8 Å². The van der Waals surface area contributed by atoms with E-state index in [-0.39, 0.29) is 29.5 Å². The summed E-state index contributed by atoms with van der Waals surface area (Å²) in [7, 11) is 0. The molecule has 0 aliphatic carbocycles. The van der Waals surface area contributed by atoms with Crippen molar-refractivity contribution in [3.8, 4) is 11.3 Å². The average molecular weight is 547 g/mol. The molecule has 2 aromatic carbocycles. The zero-order valence-electron chi connectivity index (χ0n) is 23.0. The van der Waals surface area contributed by atoms with Gasteiger partial charge in [0, 0.05) is 54.3 Å². The Kier molecular flexibility index (Phi) is 9.08. The maximum absolute atomic E-state index is 13.1. The van der Waals surface area contributed by atoms with E-state index in [0.29, 0.717) is 56.0 Å². The van der Waals surface area contributed by atoms with E-state index in [0.717, 1.165) is 11.4 Å². The number of piperidine rings is 1. The number of hydrogen-bond acceptors (Lipinski definition) is 6. The molecule has 3 aromatic rings. The smallest absolute Gasteiger partial charge is 0.251 e. The van der Waals surface area contributed by atoms with Crippen molar-refractivity contribution in [2.75, 3.05) is 36.4 Å². The second-order valence-corrected chi connectivity index (χ2v) is 10.9. The quantitative estimate of drug-likeness (QED) is 0.368. The van der Waals surface area contributed by atoms with Gasteiger partial charge in [-0.25, -0.2) is 4.39 Å². The number of halogens is 1. The minimum atomic E-state index is -0.508. The Labute approximate surface area is 233 Å². The maximum Gasteiger partial charge on any atom is 0.251 e. The van der Waals surface area contributed by atoms with Crippen molar-refractivity contribution in [3.05, 3.63) is 72.0 Å². The van der Waals surface area contributed by atoms with Crippen LogP contribution in [0.15, 0.2) is 60.7 Å². The molecule has 210 valence electrons.